The summed E-state index contributed by atoms with van der Waals surface area (Å²) in [7, 11) is 0. The smallest absolute Gasteiger partial charge is 0.122 e. The molecule has 0 aromatic carbocycles. The van der Waals surface area contributed by atoms with Gasteiger partial charge in [0.1, 0.15) is 5.76 Å². The second-order valence-corrected chi connectivity index (χ2v) is 6.39. The van der Waals surface area contributed by atoms with Crippen molar-refractivity contribution in [2.75, 3.05) is 13.1 Å². The minimum absolute atomic E-state index is 0.497. The molecule has 0 spiro atoms. The fourth-order valence-corrected chi connectivity index (χ4v) is 2.99. The van der Waals surface area contributed by atoms with Crippen LogP contribution in [0, 0.1) is 5.92 Å². The van der Waals surface area contributed by atoms with E-state index in [0.29, 0.717) is 6.04 Å². The van der Waals surface area contributed by atoms with Gasteiger partial charge in [0, 0.05) is 18.2 Å². The van der Waals surface area contributed by atoms with Gasteiger partial charge in [0.25, 0.3) is 0 Å². The first-order valence-corrected chi connectivity index (χ1v) is 8.20. The third-order valence-corrected chi connectivity index (χ3v) is 4.42. The lowest BCUT2D eigenvalue weighted by molar-refractivity contribution is 0.269. The van der Waals surface area contributed by atoms with E-state index in [2.05, 4.69) is 37.1 Å². The average molecular weight is 278 g/mol. The lowest BCUT2D eigenvalue weighted by Gasteiger charge is -2.20. The van der Waals surface area contributed by atoms with Crippen LogP contribution in [-0.2, 0) is 13.1 Å². The van der Waals surface area contributed by atoms with Crippen LogP contribution in [0.3, 0.4) is 0 Å². The van der Waals surface area contributed by atoms with Gasteiger partial charge in [-0.15, -0.1) is 0 Å². The molecule has 20 heavy (non-hydrogen) atoms. The van der Waals surface area contributed by atoms with Crippen LogP contribution >= 0.6 is 0 Å². The van der Waals surface area contributed by atoms with Crippen LogP contribution in [0.1, 0.15) is 57.8 Å². The van der Waals surface area contributed by atoms with Gasteiger partial charge in [0.2, 0.25) is 0 Å². The fraction of sp³-hybridized carbons (Fsp3) is 0.765. The number of rotatable bonds is 6. The Kier molecular flexibility index (Phi) is 6.11. The molecule has 1 aromatic rings. The van der Waals surface area contributed by atoms with Crippen LogP contribution in [0.4, 0.5) is 0 Å². The molecule has 0 saturated carbocycles. The first kappa shape index (κ1) is 15.6. The normalized spacial score (nSPS) is 21.3. The zero-order chi connectivity index (χ0) is 14.4. The molecule has 2 rings (SSSR count). The number of likely N-dealkylation sites (tertiary alicyclic amines) is 1. The van der Waals surface area contributed by atoms with Crippen LogP contribution < -0.4 is 5.32 Å². The summed E-state index contributed by atoms with van der Waals surface area (Å²) in [5.74, 6) is 2.04. The first-order valence-electron chi connectivity index (χ1n) is 8.20. The van der Waals surface area contributed by atoms with Crippen molar-refractivity contribution in [3.63, 3.8) is 0 Å². The van der Waals surface area contributed by atoms with E-state index < -0.39 is 0 Å². The van der Waals surface area contributed by atoms with E-state index in [9.17, 15) is 0 Å². The highest BCUT2D eigenvalue weighted by atomic mass is 16.3. The standard InChI is InChI=1S/C17H30N2O/c1-4-15-6-5-9-19(10-7-15)13-16-8-11-20-17(16)12-18-14(2)3/h8,11,14-15,18H,4-7,9-10,12-13H2,1-3H3. The number of nitrogens with zero attached hydrogens (tertiary/aromatic N) is 1. The fourth-order valence-electron chi connectivity index (χ4n) is 2.99. The van der Waals surface area contributed by atoms with Crippen LogP contribution in [0.2, 0.25) is 0 Å². The van der Waals surface area contributed by atoms with Crippen molar-refractivity contribution in [3.8, 4) is 0 Å². The lowest BCUT2D eigenvalue weighted by Crippen LogP contribution is -2.26. The van der Waals surface area contributed by atoms with Gasteiger partial charge < -0.3 is 9.73 Å². The molecule has 3 nitrogen and oxygen atoms in total. The molecule has 1 atom stereocenters. The van der Waals surface area contributed by atoms with Gasteiger partial charge in [-0.1, -0.05) is 27.2 Å². The third kappa shape index (κ3) is 4.64. The molecule has 1 aromatic heterocycles. The van der Waals surface area contributed by atoms with Crippen molar-refractivity contribution in [1.82, 2.24) is 10.2 Å². The Morgan fingerprint density at radius 2 is 2.20 bits per heavy atom. The summed E-state index contributed by atoms with van der Waals surface area (Å²) in [6, 6.07) is 2.64. The summed E-state index contributed by atoms with van der Waals surface area (Å²) >= 11 is 0. The highest BCUT2D eigenvalue weighted by Gasteiger charge is 2.17. The van der Waals surface area contributed by atoms with E-state index in [1.807, 2.05) is 6.26 Å². The number of furan rings is 1. The van der Waals surface area contributed by atoms with Gasteiger partial charge in [0.05, 0.1) is 12.8 Å². The molecular formula is C17H30N2O. The van der Waals surface area contributed by atoms with Crippen molar-refractivity contribution in [1.29, 1.82) is 0 Å². The van der Waals surface area contributed by atoms with E-state index in [1.165, 1.54) is 44.3 Å². The van der Waals surface area contributed by atoms with E-state index in [-0.39, 0.29) is 0 Å². The van der Waals surface area contributed by atoms with Gasteiger partial charge in [0.15, 0.2) is 0 Å². The summed E-state index contributed by atoms with van der Waals surface area (Å²) in [6.45, 7) is 11.0. The Balaban J connectivity index is 1.88. The molecule has 0 amide bonds. The Morgan fingerprint density at radius 1 is 1.35 bits per heavy atom. The molecule has 114 valence electrons. The number of hydrogen-bond acceptors (Lipinski definition) is 3. The minimum Gasteiger partial charge on any atom is -0.468 e. The molecule has 0 bridgehead atoms. The van der Waals surface area contributed by atoms with E-state index in [0.717, 1.165) is 24.8 Å². The second-order valence-electron chi connectivity index (χ2n) is 6.39. The van der Waals surface area contributed by atoms with Gasteiger partial charge in [-0.3, -0.25) is 4.90 Å². The Morgan fingerprint density at radius 3 is 2.95 bits per heavy atom. The lowest BCUT2D eigenvalue weighted by atomic mass is 9.98. The summed E-state index contributed by atoms with van der Waals surface area (Å²) in [5, 5.41) is 3.44. The third-order valence-electron chi connectivity index (χ3n) is 4.42. The largest absolute Gasteiger partial charge is 0.468 e. The zero-order valence-corrected chi connectivity index (χ0v) is 13.3. The monoisotopic (exact) mass is 278 g/mol. The molecule has 2 heterocycles. The highest BCUT2D eigenvalue weighted by molar-refractivity contribution is 5.17. The predicted molar refractivity (Wildman–Crippen MR) is 83.6 cm³/mol. The first-order chi connectivity index (χ1) is 9.69. The summed E-state index contributed by atoms with van der Waals surface area (Å²) in [4.78, 5) is 2.60. The quantitative estimate of drug-likeness (QED) is 0.858. The maximum atomic E-state index is 5.64. The van der Waals surface area contributed by atoms with E-state index in [1.54, 1.807) is 0 Å². The Bertz CT molecular complexity index is 386. The van der Waals surface area contributed by atoms with Gasteiger partial charge in [-0.25, -0.2) is 0 Å². The molecule has 1 unspecified atom stereocenters. The molecule has 1 N–H and O–H groups in total. The van der Waals surface area contributed by atoms with Crippen LogP contribution in [0.15, 0.2) is 16.7 Å². The van der Waals surface area contributed by atoms with Gasteiger partial charge in [-0.05, 0) is 44.3 Å². The van der Waals surface area contributed by atoms with E-state index >= 15 is 0 Å². The zero-order valence-electron chi connectivity index (χ0n) is 13.3. The van der Waals surface area contributed by atoms with Crippen LogP contribution in [0.5, 0.6) is 0 Å². The van der Waals surface area contributed by atoms with Crippen LogP contribution in [-0.4, -0.2) is 24.0 Å². The maximum absolute atomic E-state index is 5.64. The topological polar surface area (TPSA) is 28.4 Å². The molecule has 3 heteroatoms. The predicted octanol–water partition coefficient (Wildman–Crippen LogP) is 3.79. The van der Waals surface area contributed by atoms with Gasteiger partial charge in [-0.2, -0.15) is 0 Å². The van der Waals surface area contributed by atoms with Crippen molar-refractivity contribution < 1.29 is 4.42 Å². The molecule has 0 radical (unpaired) electrons. The highest BCUT2D eigenvalue weighted by Crippen LogP contribution is 2.22. The molecular weight excluding hydrogens is 248 g/mol. The molecule has 1 saturated heterocycles. The van der Waals surface area contributed by atoms with Crippen molar-refractivity contribution in [2.45, 2.75) is 65.6 Å². The molecule has 1 aliphatic rings. The molecule has 1 aliphatic heterocycles. The second kappa shape index (κ2) is 7.84. The average Bonchev–Trinajstić information content (AvgIpc) is 2.73. The Hall–Kier alpha value is -0.800. The minimum atomic E-state index is 0.497. The SMILES string of the molecule is CCC1CCCN(Cc2ccoc2CNC(C)C)CC1. The molecule has 0 aliphatic carbocycles. The van der Waals surface area contributed by atoms with E-state index in [4.69, 9.17) is 4.42 Å². The van der Waals surface area contributed by atoms with Crippen molar-refractivity contribution >= 4 is 0 Å². The maximum Gasteiger partial charge on any atom is 0.122 e. The Labute approximate surface area is 123 Å². The van der Waals surface area contributed by atoms with Gasteiger partial charge >= 0.3 is 0 Å². The summed E-state index contributed by atoms with van der Waals surface area (Å²) in [6.07, 6.45) is 7.27. The number of nitrogens with one attached hydrogen (secondary N) is 1. The summed E-state index contributed by atoms with van der Waals surface area (Å²) < 4.78 is 5.64. The van der Waals surface area contributed by atoms with Crippen molar-refractivity contribution in [2.24, 2.45) is 5.92 Å². The van der Waals surface area contributed by atoms with Crippen LogP contribution in [0.25, 0.3) is 0 Å². The summed E-state index contributed by atoms with van der Waals surface area (Å²) in [5.41, 5.74) is 1.35. The molecule has 1 fully saturated rings. The number of hydrogen-bond donors (Lipinski definition) is 1. The van der Waals surface area contributed by atoms with Crippen molar-refractivity contribution in [3.05, 3.63) is 23.7 Å².